The molecule has 2 aliphatic carbocycles. The fourth-order valence-electron chi connectivity index (χ4n) is 3.97. The van der Waals surface area contributed by atoms with E-state index in [1.54, 1.807) is 0 Å². The SMILES string of the molecule is Cc1noc(C)c1CCCNC(=O)[C@H]1[C@@H](C(=O)O)[C@H]2C=C[C@H]1C2. The number of carboxylic acids is 1. The summed E-state index contributed by atoms with van der Waals surface area (Å²) < 4.78 is 5.12. The van der Waals surface area contributed by atoms with E-state index in [1.165, 1.54) is 0 Å². The topological polar surface area (TPSA) is 92.4 Å². The molecule has 1 amide bonds. The van der Waals surface area contributed by atoms with Gasteiger partial charge in [-0.25, -0.2) is 0 Å². The maximum absolute atomic E-state index is 12.4. The molecule has 1 aromatic rings. The first-order chi connectivity index (χ1) is 11.0. The van der Waals surface area contributed by atoms with Crippen molar-refractivity contribution in [1.29, 1.82) is 0 Å². The summed E-state index contributed by atoms with van der Waals surface area (Å²) in [5.74, 6) is -1.10. The first-order valence-corrected chi connectivity index (χ1v) is 8.09. The van der Waals surface area contributed by atoms with E-state index in [1.807, 2.05) is 26.0 Å². The van der Waals surface area contributed by atoms with Crippen LogP contribution in [0.2, 0.25) is 0 Å². The van der Waals surface area contributed by atoms with Crippen LogP contribution in [-0.2, 0) is 16.0 Å². The summed E-state index contributed by atoms with van der Waals surface area (Å²) in [6.07, 6.45) is 6.31. The molecule has 6 nitrogen and oxygen atoms in total. The molecule has 0 radical (unpaired) electrons. The number of carboxylic acid groups (broad SMARTS) is 1. The second-order valence-electron chi connectivity index (χ2n) is 6.54. The average molecular weight is 318 g/mol. The highest BCUT2D eigenvalue weighted by molar-refractivity contribution is 5.86. The average Bonchev–Trinajstić information content (AvgIpc) is 3.19. The first-order valence-electron chi connectivity index (χ1n) is 8.09. The third-order valence-electron chi connectivity index (χ3n) is 5.13. The molecule has 0 spiro atoms. The van der Waals surface area contributed by atoms with Crippen molar-refractivity contribution >= 4 is 11.9 Å². The molecule has 1 fully saturated rings. The molecule has 0 aromatic carbocycles. The number of hydrogen-bond donors (Lipinski definition) is 2. The van der Waals surface area contributed by atoms with Crippen molar-refractivity contribution in [1.82, 2.24) is 10.5 Å². The van der Waals surface area contributed by atoms with Gasteiger partial charge in [-0.3, -0.25) is 9.59 Å². The van der Waals surface area contributed by atoms with E-state index in [0.717, 1.165) is 36.3 Å². The van der Waals surface area contributed by atoms with Gasteiger partial charge in [0, 0.05) is 12.1 Å². The Hall–Kier alpha value is -2.11. The molecule has 23 heavy (non-hydrogen) atoms. The molecule has 0 aliphatic heterocycles. The molecule has 1 heterocycles. The van der Waals surface area contributed by atoms with Gasteiger partial charge in [-0.2, -0.15) is 0 Å². The number of aryl methyl sites for hydroxylation is 2. The van der Waals surface area contributed by atoms with Gasteiger partial charge in [0.1, 0.15) is 5.76 Å². The Labute approximate surface area is 134 Å². The van der Waals surface area contributed by atoms with Crippen LogP contribution in [0, 0.1) is 37.5 Å². The Morgan fingerprint density at radius 3 is 2.61 bits per heavy atom. The Morgan fingerprint density at radius 2 is 2.00 bits per heavy atom. The lowest BCUT2D eigenvalue weighted by molar-refractivity contribution is -0.147. The fourth-order valence-corrected chi connectivity index (χ4v) is 3.97. The summed E-state index contributed by atoms with van der Waals surface area (Å²) in [6.45, 7) is 4.32. The van der Waals surface area contributed by atoms with Gasteiger partial charge < -0.3 is 14.9 Å². The standard InChI is InChI=1S/C17H22N2O4/c1-9-13(10(2)23-19-9)4-3-7-18-16(20)14-11-5-6-12(8-11)15(14)17(21)22/h5-6,11-12,14-15H,3-4,7-8H2,1-2H3,(H,18,20)(H,21,22)/t11-,12-,14+,15-/m0/s1. The number of aliphatic carboxylic acids is 1. The van der Waals surface area contributed by atoms with E-state index in [4.69, 9.17) is 4.52 Å². The molecule has 4 atom stereocenters. The molecule has 6 heteroatoms. The van der Waals surface area contributed by atoms with E-state index in [9.17, 15) is 14.7 Å². The monoisotopic (exact) mass is 318 g/mol. The highest BCUT2D eigenvalue weighted by Gasteiger charge is 2.51. The van der Waals surface area contributed by atoms with Gasteiger partial charge in [0.25, 0.3) is 0 Å². The van der Waals surface area contributed by atoms with Crippen LogP contribution in [0.4, 0.5) is 0 Å². The van der Waals surface area contributed by atoms with Crippen molar-refractivity contribution in [2.45, 2.75) is 33.1 Å². The van der Waals surface area contributed by atoms with Crippen LogP contribution in [0.5, 0.6) is 0 Å². The van der Waals surface area contributed by atoms with E-state index < -0.39 is 17.8 Å². The zero-order valence-electron chi connectivity index (χ0n) is 13.4. The summed E-state index contributed by atoms with van der Waals surface area (Å²) in [6, 6.07) is 0. The smallest absolute Gasteiger partial charge is 0.307 e. The minimum absolute atomic E-state index is 0.00977. The molecule has 3 rings (SSSR count). The molecule has 2 aliphatic rings. The van der Waals surface area contributed by atoms with Crippen molar-refractivity contribution in [3.05, 3.63) is 29.2 Å². The Balaban J connectivity index is 1.52. The van der Waals surface area contributed by atoms with Crippen molar-refractivity contribution in [2.24, 2.45) is 23.7 Å². The summed E-state index contributed by atoms with van der Waals surface area (Å²) >= 11 is 0. The second-order valence-corrected chi connectivity index (χ2v) is 6.54. The van der Waals surface area contributed by atoms with Crippen molar-refractivity contribution in [2.75, 3.05) is 6.54 Å². The van der Waals surface area contributed by atoms with Gasteiger partial charge in [-0.1, -0.05) is 17.3 Å². The van der Waals surface area contributed by atoms with E-state index >= 15 is 0 Å². The molecular weight excluding hydrogens is 296 g/mol. The number of carbonyl (C=O) groups is 2. The predicted octanol–water partition coefficient (Wildman–Crippen LogP) is 1.86. The Kier molecular flexibility index (Phi) is 4.24. The number of fused-ring (bicyclic) bond motifs is 2. The summed E-state index contributed by atoms with van der Waals surface area (Å²) in [4.78, 5) is 23.8. The zero-order chi connectivity index (χ0) is 16.6. The largest absolute Gasteiger partial charge is 0.481 e. The number of nitrogens with zero attached hydrogens (tertiary/aromatic N) is 1. The highest BCUT2D eigenvalue weighted by Crippen LogP contribution is 2.48. The fraction of sp³-hybridized carbons (Fsp3) is 0.588. The molecule has 0 saturated heterocycles. The zero-order valence-corrected chi connectivity index (χ0v) is 13.4. The van der Waals surface area contributed by atoms with Gasteiger partial charge in [-0.05, 0) is 44.9 Å². The predicted molar refractivity (Wildman–Crippen MR) is 82.7 cm³/mol. The summed E-state index contributed by atoms with van der Waals surface area (Å²) in [7, 11) is 0. The van der Waals surface area contributed by atoms with Crippen LogP contribution in [0.15, 0.2) is 16.7 Å². The number of rotatable bonds is 6. The maximum atomic E-state index is 12.4. The van der Waals surface area contributed by atoms with Crippen LogP contribution in [-0.4, -0.2) is 28.7 Å². The number of aromatic nitrogens is 1. The van der Waals surface area contributed by atoms with Crippen LogP contribution < -0.4 is 5.32 Å². The molecule has 2 N–H and O–H groups in total. The molecule has 2 bridgehead atoms. The lowest BCUT2D eigenvalue weighted by atomic mass is 9.82. The second kappa shape index (κ2) is 6.18. The summed E-state index contributed by atoms with van der Waals surface area (Å²) in [5.41, 5.74) is 1.98. The molecular formula is C17H22N2O4. The quantitative estimate of drug-likeness (QED) is 0.617. The van der Waals surface area contributed by atoms with Gasteiger partial charge in [0.15, 0.2) is 0 Å². The van der Waals surface area contributed by atoms with Gasteiger partial charge in [0.2, 0.25) is 5.91 Å². The molecule has 1 aromatic heterocycles. The van der Waals surface area contributed by atoms with Crippen LogP contribution in [0.1, 0.15) is 29.9 Å². The van der Waals surface area contributed by atoms with Crippen LogP contribution in [0.3, 0.4) is 0 Å². The third kappa shape index (κ3) is 2.90. The minimum atomic E-state index is -0.863. The van der Waals surface area contributed by atoms with E-state index in [0.29, 0.717) is 6.54 Å². The Morgan fingerprint density at radius 1 is 1.30 bits per heavy atom. The van der Waals surface area contributed by atoms with Crippen LogP contribution >= 0.6 is 0 Å². The van der Waals surface area contributed by atoms with Crippen LogP contribution in [0.25, 0.3) is 0 Å². The van der Waals surface area contributed by atoms with E-state index in [2.05, 4.69) is 10.5 Å². The van der Waals surface area contributed by atoms with E-state index in [-0.39, 0.29) is 17.7 Å². The number of allylic oxidation sites excluding steroid dienone is 2. The Bertz CT molecular complexity index is 630. The first kappa shape index (κ1) is 15.8. The third-order valence-corrected chi connectivity index (χ3v) is 5.13. The lowest BCUT2D eigenvalue weighted by Crippen LogP contribution is -2.40. The maximum Gasteiger partial charge on any atom is 0.307 e. The van der Waals surface area contributed by atoms with Gasteiger partial charge in [0.05, 0.1) is 17.5 Å². The van der Waals surface area contributed by atoms with Gasteiger partial charge in [-0.15, -0.1) is 0 Å². The highest BCUT2D eigenvalue weighted by atomic mass is 16.5. The van der Waals surface area contributed by atoms with Crippen molar-refractivity contribution in [3.8, 4) is 0 Å². The van der Waals surface area contributed by atoms with Crippen molar-refractivity contribution in [3.63, 3.8) is 0 Å². The summed E-state index contributed by atoms with van der Waals surface area (Å²) in [5, 5.41) is 16.2. The number of carbonyl (C=O) groups excluding carboxylic acids is 1. The normalized spacial score (nSPS) is 28.3. The van der Waals surface area contributed by atoms with Crippen molar-refractivity contribution < 1.29 is 19.2 Å². The lowest BCUT2D eigenvalue weighted by Gasteiger charge is -2.23. The number of nitrogens with one attached hydrogen (secondary N) is 1. The molecule has 0 unspecified atom stereocenters. The number of amides is 1. The molecule has 1 saturated carbocycles. The minimum Gasteiger partial charge on any atom is -0.481 e. The number of hydrogen-bond acceptors (Lipinski definition) is 4. The molecule has 124 valence electrons. The van der Waals surface area contributed by atoms with Gasteiger partial charge >= 0.3 is 5.97 Å².